The monoisotopic (exact) mass is 356 g/mol. The van der Waals surface area contributed by atoms with Crippen LogP contribution in [0.15, 0.2) is 60.7 Å². The van der Waals surface area contributed by atoms with Crippen LogP contribution in [-0.4, -0.2) is 30.2 Å². The van der Waals surface area contributed by atoms with Crippen LogP contribution >= 0.6 is 0 Å². The van der Waals surface area contributed by atoms with E-state index in [0.29, 0.717) is 19.8 Å². The van der Waals surface area contributed by atoms with Crippen molar-refractivity contribution >= 4 is 0 Å². The van der Waals surface area contributed by atoms with Gasteiger partial charge < -0.3 is 19.3 Å². The fourth-order valence-electron chi connectivity index (χ4n) is 3.30. The van der Waals surface area contributed by atoms with Crippen molar-refractivity contribution in [3.63, 3.8) is 0 Å². The molecule has 0 saturated carbocycles. The highest BCUT2D eigenvalue weighted by Crippen LogP contribution is 2.32. The fourth-order valence-corrected chi connectivity index (χ4v) is 3.30. The smallest absolute Gasteiger partial charge is 0.158 e. The first-order valence-corrected chi connectivity index (χ1v) is 9.26. The van der Waals surface area contributed by atoms with Crippen molar-refractivity contribution in [3.05, 3.63) is 71.8 Å². The van der Waals surface area contributed by atoms with E-state index in [4.69, 9.17) is 14.2 Å². The lowest BCUT2D eigenvalue weighted by Gasteiger charge is -2.42. The highest BCUT2D eigenvalue weighted by atomic mass is 16.6. The van der Waals surface area contributed by atoms with E-state index in [2.05, 4.69) is 6.92 Å². The molecule has 4 nitrogen and oxygen atoms in total. The van der Waals surface area contributed by atoms with Gasteiger partial charge in [-0.15, -0.1) is 0 Å². The fraction of sp³-hybridized carbons (Fsp3) is 0.455. The van der Waals surface area contributed by atoms with E-state index in [1.165, 1.54) is 0 Å². The maximum absolute atomic E-state index is 10.2. The Kier molecular flexibility index (Phi) is 6.80. The summed E-state index contributed by atoms with van der Waals surface area (Å²) in [7, 11) is 0. The van der Waals surface area contributed by atoms with Crippen molar-refractivity contribution in [2.24, 2.45) is 11.8 Å². The summed E-state index contributed by atoms with van der Waals surface area (Å²) >= 11 is 0. The lowest BCUT2D eigenvalue weighted by molar-refractivity contribution is -0.264. The normalized spacial score (nSPS) is 28.8. The van der Waals surface area contributed by atoms with Crippen LogP contribution in [0.4, 0.5) is 0 Å². The van der Waals surface area contributed by atoms with Gasteiger partial charge in [-0.05, 0) is 17.0 Å². The summed E-state index contributed by atoms with van der Waals surface area (Å²) in [5.41, 5.74) is 2.24. The molecule has 4 heteroatoms. The molecule has 1 saturated heterocycles. The van der Waals surface area contributed by atoms with Crippen molar-refractivity contribution < 1.29 is 19.3 Å². The Bertz CT molecular complexity index is 646. The largest absolute Gasteiger partial charge is 0.374 e. The van der Waals surface area contributed by atoms with Crippen LogP contribution in [0, 0.1) is 11.8 Å². The molecule has 0 aromatic heterocycles. The average Bonchev–Trinajstić information content (AvgIpc) is 2.67. The van der Waals surface area contributed by atoms with E-state index in [9.17, 15) is 5.11 Å². The van der Waals surface area contributed by atoms with Crippen LogP contribution in [0.3, 0.4) is 0 Å². The number of rotatable bonds is 7. The predicted octanol–water partition coefficient (Wildman–Crippen LogP) is 3.78. The van der Waals surface area contributed by atoms with Gasteiger partial charge in [-0.3, -0.25) is 0 Å². The van der Waals surface area contributed by atoms with Gasteiger partial charge in [0.25, 0.3) is 0 Å². The molecule has 1 heterocycles. The van der Waals surface area contributed by atoms with Gasteiger partial charge in [-0.1, -0.05) is 74.5 Å². The predicted molar refractivity (Wildman–Crippen MR) is 100 cm³/mol. The third-order valence-electron chi connectivity index (χ3n) is 5.16. The molecular formula is C22H28O4. The first-order chi connectivity index (χ1) is 12.6. The summed E-state index contributed by atoms with van der Waals surface area (Å²) in [6.45, 7) is 5.54. The first-order valence-electron chi connectivity index (χ1n) is 9.26. The molecule has 2 aromatic rings. The van der Waals surface area contributed by atoms with Crippen molar-refractivity contribution in [3.8, 4) is 0 Å². The van der Waals surface area contributed by atoms with Crippen LogP contribution in [0.5, 0.6) is 0 Å². The van der Waals surface area contributed by atoms with Crippen molar-refractivity contribution in [1.82, 2.24) is 0 Å². The van der Waals surface area contributed by atoms with Crippen LogP contribution in [0.25, 0.3) is 0 Å². The molecule has 140 valence electrons. The Balaban J connectivity index is 1.59. The molecule has 0 bridgehead atoms. The zero-order chi connectivity index (χ0) is 18.4. The number of benzene rings is 2. The SMILES string of the molecule is CC1C(O)OC(COCc2ccccc2)C(OCc2ccccc2)C1C. The quantitative estimate of drug-likeness (QED) is 0.820. The zero-order valence-corrected chi connectivity index (χ0v) is 15.5. The third kappa shape index (κ3) is 4.92. The van der Waals surface area contributed by atoms with Gasteiger partial charge in [0, 0.05) is 5.92 Å². The van der Waals surface area contributed by atoms with E-state index in [0.717, 1.165) is 11.1 Å². The molecule has 0 radical (unpaired) electrons. The first kappa shape index (κ1) is 19.1. The topological polar surface area (TPSA) is 47.9 Å². The van der Waals surface area contributed by atoms with Gasteiger partial charge in [0.2, 0.25) is 0 Å². The minimum atomic E-state index is -0.785. The molecule has 5 unspecified atom stereocenters. The number of ether oxygens (including phenoxy) is 3. The highest BCUT2D eigenvalue weighted by Gasteiger charge is 2.41. The van der Waals surface area contributed by atoms with Crippen LogP contribution < -0.4 is 0 Å². The Morgan fingerprint density at radius 1 is 0.846 bits per heavy atom. The molecule has 0 aliphatic carbocycles. The molecule has 1 aliphatic rings. The Labute approximate surface area is 155 Å². The standard InChI is InChI=1S/C22H28O4/c1-16-17(2)22(23)26-20(15-24-13-18-9-5-3-6-10-18)21(16)25-14-19-11-7-4-8-12-19/h3-12,16-17,20-23H,13-15H2,1-2H3. The zero-order valence-electron chi connectivity index (χ0n) is 15.5. The second-order valence-electron chi connectivity index (χ2n) is 7.05. The second-order valence-corrected chi connectivity index (χ2v) is 7.05. The van der Waals surface area contributed by atoms with Gasteiger partial charge in [-0.25, -0.2) is 0 Å². The molecule has 5 atom stereocenters. The summed E-state index contributed by atoms with van der Waals surface area (Å²) in [6.07, 6.45) is -1.19. The third-order valence-corrected chi connectivity index (χ3v) is 5.16. The van der Waals surface area contributed by atoms with Crippen LogP contribution in [0.2, 0.25) is 0 Å². The van der Waals surface area contributed by atoms with E-state index in [-0.39, 0.29) is 24.0 Å². The molecule has 2 aromatic carbocycles. The Hall–Kier alpha value is -1.72. The minimum absolute atomic E-state index is 0.0150. The average molecular weight is 356 g/mol. The maximum atomic E-state index is 10.2. The van der Waals surface area contributed by atoms with Gasteiger partial charge in [0.15, 0.2) is 6.29 Å². The summed E-state index contributed by atoms with van der Waals surface area (Å²) in [5, 5.41) is 10.2. The number of hydrogen-bond donors (Lipinski definition) is 1. The van der Waals surface area contributed by atoms with E-state index in [1.54, 1.807) is 0 Å². The van der Waals surface area contributed by atoms with Crippen molar-refractivity contribution in [2.75, 3.05) is 6.61 Å². The Morgan fingerprint density at radius 3 is 2.04 bits per heavy atom. The molecule has 0 amide bonds. The summed E-state index contributed by atoms with van der Waals surface area (Å²) < 4.78 is 17.9. The number of aliphatic hydroxyl groups excluding tert-OH is 1. The molecule has 3 rings (SSSR count). The van der Waals surface area contributed by atoms with Crippen molar-refractivity contribution in [1.29, 1.82) is 0 Å². The Morgan fingerprint density at radius 2 is 1.42 bits per heavy atom. The molecule has 26 heavy (non-hydrogen) atoms. The van der Waals surface area contributed by atoms with E-state index in [1.807, 2.05) is 67.6 Å². The summed E-state index contributed by atoms with van der Waals surface area (Å²) in [5.74, 6) is 0.189. The van der Waals surface area contributed by atoms with Gasteiger partial charge in [-0.2, -0.15) is 0 Å². The minimum Gasteiger partial charge on any atom is -0.374 e. The maximum Gasteiger partial charge on any atom is 0.158 e. The summed E-state index contributed by atoms with van der Waals surface area (Å²) in [6, 6.07) is 20.1. The lowest BCUT2D eigenvalue weighted by Crippen LogP contribution is -2.52. The molecule has 1 aliphatic heterocycles. The lowest BCUT2D eigenvalue weighted by atomic mass is 9.84. The van der Waals surface area contributed by atoms with E-state index >= 15 is 0 Å². The number of aliphatic hydroxyl groups is 1. The van der Waals surface area contributed by atoms with Gasteiger partial charge in [0.05, 0.1) is 25.9 Å². The summed E-state index contributed by atoms with van der Waals surface area (Å²) in [4.78, 5) is 0. The molecule has 1 N–H and O–H groups in total. The number of hydrogen-bond acceptors (Lipinski definition) is 4. The molecule has 0 spiro atoms. The van der Waals surface area contributed by atoms with Crippen LogP contribution in [0.1, 0.15) is 25.0 Å². The second kappa shape index (κ2) is 9.28. The highest BCUT2D eigenvalue weighted by molar-refractivity contribution is 5.14. The van der Waals surface area contributed by atoms with Crippen molar-refractivity contribution in [2.45, 2.75) is 45.6 Å². The molecular weight excluding hydrogens is 328 g/mol. The molecule has 1 fully saturated rings. The van der Waals surface area contributed by atoms with Gasteiger partial charge >= 0.3 is 0 Å². The van der Waals surface area contributed by atoms with E-state index < -0.39 is 6.29 Å². The van der Waals surface area contributed by atoms with Crippen LogP contribution in [-0.2, 0) is 27.4 Å². The van der Waals surface area contributed by atoms with Gasteiger partial charge in [0.1, 0.15) is 6.10 Å².